The Labute approximate surface area is 174 Å². The normalized spacial score (nSPS) is 11.5. The number of carbonyl (C=O) groups is 1. The molecule has 0 aliphatic carbocycles. The number of pyridine rings is 1. The van der Waals surface area contributed by atoms with Crippen LogP contribution in [0.3, 0.4) is 0 Å². The largest absolute Gasteiger partial charge is 0.497 e. The molecule has 1 amide bonds. The van der Waals surface area contributed by atoms with E-state index in [1.54, 1.807) is 31.3 Å². The van der Waals surface area contributed by atoms with Gasteiger partial charge in [-0.25, -0.2) is 4.98 Å². The highest BCUT2D eigenvalue weighted by molar-refractivity contribution is 6.08. The van der Waals surface area contributed by atoms with E-state index >= 15 is 0 Å². The molecule has 0 radical (unpaired) electrons. The standard InChI is InChI=1S/C22H25N5O3/c1-29-9-8-27(14-15-4-3-5-18(10-15)30-2)22(28)20-11-16-6-7-19(17(12-23)13-24)25-21(16)26-20/h3-7,10-13,23H,8-9,14,24H2,1-2H3,(H,25,26)/b17-13+,23-12?. The number of carbonyl (C=O) groups excluding carboxylic acids is 1. The molecule has 1 aromatic carbocycles. The van der Waals surface area contributed by atoms with E-state index in [-0.39, 0.29) is 5.91 Å². The Morgan fingerprint density at radius 1 is 1.27 bits per heavy atom. The second kappa shape index (κ2) is 9.71. The van der Waals surface area contributed by atoms with Gasteiger partial charge < -0.3 is 30.5 Å². The minimum Gasteiger partial charge on any atom is -0.497 e. The van der Waals surface area contributed by atoms with E-state index in [1.165, 1.54) is 6.20 Å². The van der Waals surface area contributed by atoms with Crippen molar-refractivity contribution in [1.82, 2.24) is 14.9 Å². The number of rotatable bonds is 9. The van der Waals surface area contributed by atoms with E-state index in [4.69, 9.17) is 20.6 Å². The number of aromatic nitrogens is 2. The first-order valence-corrected chi connectivity index (χ1v) is 9.43. The lowest BCUT2D eigenvalue weighted by Crippen LogP contribution is -2.33. The molecule has 0 saturated carbocycles. The predicted octanol–water partition coefficient (Wildman–Crippen LogP) is 2.81. The summed E-state index contributed by atoms with van der Waals surface area (Å²) in [6.45, 7) is 1.28. The number of methoxy groups -OCH3 is 2. The van der Waals surface area contributed by atoms with Crippen molar-refractivity contribution >= 4 is 28.7 Å². The van der Waals surface area contributed by atoms with Gasteiger partial charge in [-0.05, 0) is 35.9 Å². The summed E-state index contributed by atoms with van der Waals surface area (Å²) in [5.41, 5.74) is 8.56. The van der Waals surface area contributed by atoms with Crippen LogP contribution >= 0.6 is 0 Å². The third-order valence-electron chi connectivity index (χ3n) is 4.70. The minimum absolute atomic E-state index is 0.156. The van der Waals surface area contributed by atoms with E-state index < -0.39 is 0 Å². The summed E-state index contributed by atoms with van der Waals surface area (Å²) in [5.74, 6) is 0.583. The Morgan fingerprint density at radius 2 is 2.10 bits per heavy atom. The highest BCUT2D eigenvalue weighted by Gasteiger charge is 2.19. The van der Waals surface area contributed by atoms with Crippen molar-refractivity contribution < 1.29 is 14.3 Å². The van der Waals surface area contributed by atoms with Gasteiger partial charge in [0.1, 0.15) is 17.1 Å². The Morgan fingerprint density at radius 3 is 2.80 bits per heavy atom. The number of nitrogens with one attached hydrogen (secondary N) is 2. The van der Waals surface area contributed by atoms with Crippen LogP contribution in [0.2, 0.25) is 0 Å². The van der Waals surface area contributed by atoms with Gasteiger partial charge in [-0.15, -0.1) is 0 Å². The first-order chi connectivity index (χ1) is 14.6. The van der Waals surface area contributed by atoms with E-state index in [0.29, 0.717) is 42.3 Å². The number of ether oxygens (including phenoxy) is 2. The average molecular weight is 407 g/mol. The molecule has 0 bridgehead atoms. The predicted molar refractivity (Wildman–Crippen MR) is 117 cm³/mol. The zero-order valence-corrected chi connectivity index (χ0v) is 17.0. The molecule has 0 unspecified atom stereocenters. The molecule has 156 valence electrons. The lowest BCUT2D eigenvalue weighted by atomic mass is 10.2. The van der Waals surface area contributed by atoms with E-state index in [9.17, 15) is 4.79 Å². The van der Waals surface area contributed by atoms with Gasteiger partial charge >= 0.3 is 0 Å². The fourth-order valence-electron chi connectivity index (χ4n) is 3.10. The Bertz CT molecular complexity index is 1070. The lowest BCUT2D eigenvalue weighted by Gasteiger charge is -2.22. The maximum atomic E-state index is 13.2. The van der Waals surface area contributed by atoms with Crippen LogP contribution < -0.4 is 10.5 Å². The molecule has 0 aliphatic rings. The Balaban J connectivity index is 1.89. The minimum atomic E-state index is -0.156. The summed E-state index contributed by atoms with van der Waals surface area (Å²) in [6.07, 6.45) is 2.47. The van der Waals surface area contributed by atoms with Crippen molar-refractivity contribution in [3.63, 3.8) is 0 Å². The fraction of sp³-hybridized carbons (Fsp3) is 0.227. The zero-order valence-electron chi connectivity index (χ0n) is 17.0. The van der Waals surface area contributed by atoms with Crippen molar-refractivity contribution in [3.8, 4) is 5.75 Å². The van der Waals surface area contributed by atoms with Crippen LogP contribution in [0.1, 0.15) is 21.7 Å². The van der Waals surface area contributed by atoms with Crippen molar-refractivity contribution in [2.75, 3.05) is 27.4 Å². The molecular weight excluding hydrogens is 382 g/mol. The molecule has 30 heavy (non-hydrogen) atoms. The highest BCUT2D eigenvalue weighted by Crippen LogP contribution is 2.20. The number of nitrogens with two attached hydrogens (primary N) is 1. The summed E-state index contributed by atoms with van der Waals surface area (Å²) in [5, 5.41) is 8.23. The summed E-state index contributed by atoms with van der Waals surface area (Å²) >= 11 is 0. The van der Waals surface area contributed by atoms with Gasteiger partial charge in [0.15, 0.2) is 0 Å². The van der Waals surface area contributed by atoms with Gasteiger partial charge in [0.05, 0.1) is 19.4 Å². The zero-order chi connectivity index (χ0) is 21.5. The second-order valence-electron chi connectivity index (χ2n) is 6.65. The van der Waals surface area contributed by atoms with Crippen LogP contribution in [0.5, 0.6) is 5.75 Å². The third-order valence-corrected chi connectivity index (χ3v) is 4.70. The van der Waals surface area contributed by atoms with Gasteiger partial charge in [-0.1, -0.05) is 12.1 Å². The SMILES string of the molecule is COCCN(Cc1cccc(OC)c1)C(=O)c1cc2ccc(/C(C=N)=C/N)nc2[nH]1. The van der Waals surface area contributed by atoms with Crippen molar-refractivity contribution in [1.29, 1.82) is 5.41 Å². The van der Waals surface area contributed by atoms with Gasteiger partial charge in [0.25, 0.3) is 5.91 Å². The number of hydrogen-bond acceptors (Lipinski definition) is 6. The first-order valence-electron chi connectivity index (χ1n) is 9.43. The van der Waals surface area contributed by atoms with Crippen LogP contribution in [-0.2, 0) is 11.3 Å². The maximum absolute atomic E-state index is 13.2. The molecule has 0 atom stereocenters. The van der Waals surface area contributed by atoms with Crippen LogP contribution in [0, 0.1) is 5.41 Å². The number of nitrogens with zero attached hydrogens (tertiary/aromatic N) is 2. The maximum Gasteiger partial charge on any atom is 0.270 e. The number of benzene rings is 1. The lowest BCUT2D eigenvalue weighted by molar-refractivity contribution is 0.0675. The Kier molecular flexibility index (Phi) is 6.82. The van der Waals surface area contributed by atoms with Crippen LogP contribution in [-0.4, -0.2) is 54.4 Å². The number of hydrogen-bond donors (Lipinski definition) is 3. The monoisotopic (exact) mass is 407 g/mol. The molecule has 2 heterocycles. The van der Waals surface area contributed by atoms with Crippen molar-refractivity contribution in [2.24, 2.45) is 5.73 Å². The summed E-state index contributed by atoms with van der Waals surface area (Å²) in [7, 11) is 3.22. The molecule has 3 rings (SSSR count). The molecule has 0 aliphatic heterocycles. The molecule has 0 spiro atoms. The number of H-pyrrole nitrogens is 1. The van der Waals surface area contributed by atoms with Gasteiger partial charge in [-0.2, -0.15) is 0 Å². The van der Waals surface area contributed by atoms with Gasteiger partial charge in [0.2, 0.25) is 0 Å². The third kappa shape index (κ3) is 4.66. The quantitative estimate of drug-likeness (QED) is 0.472. The average Bonchev–Trinajstić information content (AvgIpc) is 3.20. The Hall–Kier alpha value is -3.65. The number of aromatic amines is 1. The van der Waals surface area contributed by atoms with Gasteiger partial charge in [-0.3, -0.25) is 4.79 Å². The van der Waals surface area contributed by atoms with E-state index in [2.05, 4.69) is 9.97 Å². The molecule has 0 fully saturated rings. The summed E-state index contributed by atoms with van der Waals surface area (Å²) < 4.78 is 10.5. The van der Waals surface area contributed by atoms with Crippen LogP contribution in [0.25, 0.3) is 16.6 Å². The summed E-state index contributed by atoms with van der Waals surface area (Å²) in [4.78, 5) is 22.5. The highest BCUT2D eigenvalue weighted by atomic mass is 16.5. The second-order valence-corrected chi connectivity index (χ2v) is 6.65. The molecule has 3 aromatic rings. The number of allylic oxidation sites excluding steroid dienone is 1. The van der Waals surface area contributed by atoms with E-state index in [1.807, 2.05) is 30.3 Å². The smallest absolute Gasteiger partial charge is 0.270 e. The molecule has 8 heteroatoms. The summed E-state index contributed by atoms with van der Waals surface area (Å²) in [6, 6.07) is 13.0. The fourth-order valence-corrected chi connectivity index (χ4v) is 3.10. The van der Waals surface area contributed by atoms with Crippen molar-refractivity contribution in [3.05, 3.63) is 65.6 Å². The number of fused-ring (bicyclic) bond motifs is 1. The van der Waals surface area contributed by atoms with Crippen LogP contribution in [0.15, 0.2) is 48.7 Å². The molecule has 0 saturated heterocycles. The molecule has 8 nitrogen and oxygen atoms in total. The molecule has 4 N–H and O–H groups in total. The molecular formula is C22H25N5O3. The van der Waals surface area contributed by atoms with Gasteiger partial charge in [0, 0.05) is 43.6 Å². The molecule has 2 aromatic heterocycles. The van der Waals surface area contributed by atoms with Crippen LogP contribution in [0.4, 0.5) is 0 Å². The number of amides is 1. The topological polar surface area (TPSA) is 117 Å². The van der Waals surface area contributed by atoms with E-state index in [0.717, 1.165) is 22.9 Å². The first kappa shape index (κ1) is 21.1. The van der Waals surface area contributed by atoms with Crippen molar-refractivity contribution in [2.45, 2.75) is 6.54 Å².